The molecule has 3 aromatic rings. The number of carboxylic acid groups (broad SMARTS) is 1. The van der Waals surface area contributed by atoms with Gasteiger partial charge in [0.1, 0.15) is 0 Å². The molecule has 44 heavy (non-hydrogen) atoms. The molecule has 5 rings (SSSR count). The van der Waals surface area contributed by atoms with Gasteiger partial charge in [-0.2, -0.15) is 0 Å². The summed E-state index contributed by atoms with van der Waals surface area (Å²) in [7, 11) is 0. The summed E-state index contributed by atoms with van der Waals surface area (Å²) in [6.45, 7) is 2.08. The summed E-state index contributed by atoms with van der Waals surface area (Å²) in [5, 5.41) is 20.5. The smallest absolute Gasteiger partial charge is 0.328 e. The Morgan fingerprint density at radius 1 is 0.841 bits per heavy atom. The van der Waals surface area contributed by atoms with Crippen LogP contribution in [0, 0.1) is 0 Å². The average Bonchev–Trinajstić information content (AvgIpc) is 3.01. The molecule has 0 atom stereocenters. The van der Waals surface area contributed by atoms with Crippen LogP contribution < -0.4 is 21.3 Å². The third kappa shape index (κ3) is 9.55. The van der Waals surface area contributed by atoms with Gasteiger partial charge in [-0.05, 0) is 93.1 Å². The van der Waals surface area contributed by atoms with Crippen LogP contribution in [0.25, 0.3) is 6.08 Å². The molecule has 0 aliphatic heterocycles. The maximum absolute atomic E-state index is 13.1. The predicted molar refractivity (Wildman–Crippen MR) is 174 cm³/mol. The lowest BCUT2D eigenvalue weighted by molar-refractivity contribution is -0.131. The molecular weight excluding hydrogens is 556 g/mol. The van der Waals surface area contributed by atoms with E-state index in [4.69, 9.17) is 5.11 Å². The Hall–Kier alpha value is -4.92. The fraction of sp³-hybridized carbons (Fsp3) is 0.314. The Labute approximate surface area is 258 Å². The minimum absolute atomic E-state index is 0.116. The highest BCUT2D eigenvalue weighted by Crippen LogP contribution is 2.32. The molecule has 2 aliphatic carbocycles. The summed E-state index contributed by atoms with van der Waals surface area (Å²) in [4.78, 5) is 46.2. The van der Waals surface area contributed by atoms with Crippen molar-refractivity contribution < 1.29 is 24.3 Å². The molecule has 0 bridgehead atoms. The van der Waals surface area contributed by atoms with Crippen molar-refractivity contribution in [2.24, 2.45) is 0 Å². The van der Waals surface area contributed by atoms with Crippen LogP contribution in [0.1, 0.15) is 84.6 Å². The Morgan fingerprint density at radius 2 is 1.55 bits per heavy atom. The number of carbonyl (C=O) groups is 4. The van der Waals surface area contributed by atoms with E-state index in [1.807, 2.05) is 42.5 Å². The fourth-order valence-electron chi connectivity index (χ4n) is 5.29. The first kappa shape index (κ1) is 32.0. The van der Waals surface area contributed by atoms with Crippen molar-refractivity contribution in [1.29, 1.82) is 0 Å². The lowest BCUT2D eigenvalue weighted by Gasteiger charge is -2.39. The zero-order valence-electron chi connectivity index (χ0n) is 25.0. The summed E-state index contributed by atoms with van der Waals surface area (Å²) in [6, 6.07) is 22.0. The summed E-state index contributed by atoms with van der Waals surface area (Å²) >= 11 is 0. The van der Waals surface area contributed by atoms with E-state index in [0.29, 0.717) is 29.3 Å². The molecule has 3 aromatic carbocycles. The van der Waals surface area contributed by atoms with Crippen LogP contribution in [0.5, 0.6) is 0 Å². The van der Waals surface area contributed by atoms with Crippen molar-refractivity contribution >= 4 is 47.3 Å². The van der Waals surface area contributed by atoms with Crippen molar-refractivity contribution in [2.45, 2.75) is 69.9 Å². The Balaban J connectivity index is 0.000000265. The molecule has 0 unspecified atom stereocenters. The number of anilines is 3. The van der Waals surface area contributed by atoms with Crippen LogP contribution in [0.15, 0.2) is 78.9 Å². The molecule has 9 heteroatoms. The molecule has 230 valence electrons. The van der Waals surface area contributed by atoms with E-state index in [-0.39, 0.29) is 17.4 Å². The summed E-state index contributed by atoms with van der Waals surface area (Å²) in [5.74, 6) is -1.31. The number of benzene rings is 3. The van der Waals surface area contributed by atoms with Gasteiger partial charge in [0.05, 0.1) is 5.56 Å². The SMILES string of the molecule is CC1(NC(=O)c2ccc(NC3CCCCC3)c(C(=O)Nc3ccccc3)c2)CCC1.O=CNc1ccc(/C=C/C(=O)O)cc1. The Bertz CT molecular complexity index is 1460. The molecule has 0 spiro atoms. The van der Waals surface area contributed by atoms with E-state index in [1.54, 1.807) is 30.3 Å². The lowest BCUT2D eigenvalue weighted by atomic mass is 9.78. The Morgan fingerprint density at radius 3 is 2.16 bits per heavy atom. The first-order valence-corrected chi connectivity index (χ1v) is 15.1. The minimum Gasteiger partial charge on any atom is -0.478 e. The molecular formula is C35H40N4O5. The molecule has 2 fully saturated rings. The van der Waals surface area contributed by atoms with Crippen LogP contribution >= 0.6 is 0 Å². The minimum atomic E-state index is -0.986. The second-order valence-corrected chi connectivity index (χ2v) is 11.5. The molecule has 3 amide bonds. The number of hydrogen-bond acceptors (Lipinski definition) is 5. The summed E-state index contributed by atoms with van der Waals surface area (Å²) in [6.07, 6.45) is 12.2. The van der Waals surface area contributed by atoms with E-state index in [2.05, 4.69) is 28.2 Å². The highest BCUT2D eigenvalue weighted by Gasteiger charge is 2.33. The van der Waals surface area contributed by atoms with Gasteiger partial charge in [0.2, 0.25) is 6.41 Å². The lowest BCUT2D eigenvalue weighted by Crippen LogP contribution is -2.50. The van der Waals surface area contributed by atoms with Crippen LogP contribution in [-0.4, -0.2) is 40.9 Å². The van der Waals surface area contributed by atoms with Crippen molar-refractivity contribution in [3.05, 3.63) is 95.6 Å². The second-order valence-electron chi connectivity index (χ2n) is 11.5. The van der Waals surface area contributed by atoms with Gasteiger partial charge in [-0.15, -0.1) is 0 Å². The van der Waals surface area contributed by atoms with E-state index in [0.717, 1.165) is 55.1 Å². The number of nitrogens with one attached hydrogen (secondary N) is 4. The normalized spacial score (nSPS) is 15.6. The van der Waals surface area contributed by atoms with E-state index >= 15 is 0 Å². The van der Waals surface area contributed by atoms with Gasteiger partial charge < -0.3 is 26.4 Å². The van der Waals surface area contributed by atoms with E-state index in [1.165, 1.54) is 25.3 Å². The number of carbonyl (C=O) groups excluding carboxylic acids is 3. The second kappa shape index (κ2) is 15.5. The zero-order chi connectivity index (χ0) is 31.4. The number of carboxylic acids is 1. The third-order valence-electron chi connectivity index (χ3n) is 7.95. The van der Waals surface area contributed by atoms with Crippen LogP contribution in [0.3, 0.4) is 0 Å². The molecule has 5 N–H and O–H groups in total. The predicted octanol–water partition coefficient (Wildman–Crippen LogP) is 6.71. The standard InChI is InChI=1S/C25H31N3O2.C10H9NO3/c1-25(15-8-16-25)28-23(29)18-13-14-22(26-19-9-4-2-5-10-19)21(17-18)24(30)27-20-11-6-3-7-12-20;12-7-11-9-4-1-8(2-5-9)3-6-10(13)14/h3,6-7,11-14,17,19,26H,2,4-5,8-10,15-16H2,1H3,(H,27,30)(H,28,29);1-7H,(H,11,12)(H,13,14)/b;6-3+. The number of amides is 3. The van der Waals surface area contributed by atoms with Gasteiger partial charge in [-0.25, -0.2) is 4.79 Å². The molecule has 9 nitrogen and oxygen atoms in total. The molecule has 0 radical (unpaired) electrons. The van der Waals surface area contributed by atoms with E-state index < -0.39 is 5.97 Å². The van der Waals surface area contributed by atoms with Crippen molar-refractivity contribution in [1.82, 2.24) is 5.32 Å². The van der Waals surface area contributed by atoms with Gasteiger partial charge in [0, 0.05) is 40.3 Å². The monoisotopic (exact) mass is 596 g/mol. The average molecular weight is 597 g/mol. The molecule has 0 saturated heterocycles. The van der Waals surface area contributed by atoms with Crippen LogP contribution in [0.2, 0.25) is 0 Å². The van der Waals surface area contributed by atoms with Crippen LogP contribution in [0.4, 0.5) is 17.1 Å². The van der Waals surface area contributed by atoms with Crippen molar-refractivity contribution in [3.8, 4) is 0 Å². The highest BCUT2D eigenvalue weighted by atomic mass is 16.4. The number of hydrogen-bond donors (Lipinski definition) is 5. The number of aliphatic carboxylic acids is 1. The van der Waals surface area contributed by atoms with Crippen molar-refractivity contribution in [2.75, 3.05) is 16.0 Å². The largest absolute Gasteiger partial charge is 0.478 e. The van der Waals surface area contributed by atoms with Gasteiger partial charge >= 0.3 is 5.97 Å². The maximum Gasteiger partial charge on any atom is 0.328 e. The van der Waals surface area contributed by atoms with Gasteiger partial charge in [0.15, 0.2) is 0 Å². The maximum atomic E-state index is 13.1. The topological polar surface area (TPSA) is 137 Å². The molecule has 0 aromatic heterocycles. The number of para-hydroxylation sites is 1. The quantitative estimate of drug-likeness (QED) is 0.130. The number of rotatable bonds is 10. The van der Waals surface area contributed by atoms with Gasteiger partial charge in [0.25, 0.3) is 11.8 Å². The molecule has 2 aliphatic rings. The highest BCUT2D eigenvalue weighted by molar-refractivity contribution is 6.10. The van der Waals surface area contributed by atoms with Crippen LogP contribution in [-0.2, 0) is 9.59 Å². The summed E-state index contributed by atoms with van der Waals surface area (Å²) in [5.41, 5.74) is 3.88. The van der Waals surface area contributed by atoms with E-state index in [9.17, 15) is 19.2 Å². The van der Waals surface area contributed by atoms with Gasteiger partial charge in [-0.3, -0.25) is 14.4 Å². The first-order chi connectivity index (χ1) is 21.2. The fourth-order valence-corrected chi connectivity index (χ4v) is 5.29. The van der Waals surface area contributed by atoms with Gasteiger partial charge in [-0.1, -0.05) is 49.6 Å². The molecule has 0 heterocycles. The summed E-state index contributed by atoms with van der Waals surface area (Å²) < 4.78 is 0. The molecule has 2 saturated carbocycles. The van der Waals surface area contributed by atoms with Crippen molar-refractivity contribution in [3.63, 3.8) is 0 Å². The third-order valence-corrected chi connectivity index (χ3v) is 7.95. The Kier molecular flexibility index (Phi) is 11.3. The zero-order valence-corrected chi connectivity index (χ0v) is 25.0. The first-order valence-electron chi connectivity index (χ1n) is 15.1.